The van der Waals surface area contributed by atoms with E-state index < -0.39 is 28.5 Å². The van der Waals surface area contributed by atoms with Gasteiger partial charge in [-0.2, -0.15) is 0 Å². The number of benzene rings is 3. The Kier molecular flexibility index (Phi) is 11.2. The Hall–Kier alpha value is -3.07. The molecule has 0 aliphatic carbocycles. The summed E-state index contributed by atoms with van der Waals surface area (Å²) in [4.78, 5) is 29.0. The second-order valence-corrected chi connectivity index (χ2v) is 12.8. The number of aryl methyl sites for hydroxylation is 2. The molecular weight excluding hydrogens is 581 g/mol. The SMILES string of the molecule is CC[C@H](C(=O)N[C@@H](C)CC)N(Cc1c(Cl)cccc1Cl)C(=O)CN(c1ccc(C)cc1)S(=O)(=O)c1ccc(C)cc1. The van der Waals surface area contributed by atoms with E-state index in [1.165, 1.54) is 17.0 Å². The predicted molar refractivity (Wildman–Crippen MR) is 166 cm³/mol. The van der Waals surface area contributed by atoms with Crippen molar-refractivity contribution in [2.45, 2.75) is 71.0 Å². The van der Waals surface area contributed by atoms with E-state index in [0.29, 0.717) is 34.1 Å². The molecule has 0 saturated carbocycles. The van der Waals surface area contributed by atoms with Gasteiger partial charge in [0.25, 0.3) is 10.0 Å². The summed E-state index contributed by atoms with van der Waals surface area (Å²) >= 11 is 12.9. The van der Waals surface area contributed by atoms with Crippen LogP contribution in [0.5, 0.6) is 0 Å². The number of halogens is 2. The summed E-state index contributed by atoms with van der Waals surface area (Å²) in [5, 5.41) is 3.64. The number of hydrogen-bond donors (Lipinski definition) is 1. The van der Waals surface area contributed by atoms with Crippen molar-refractivity contribution in [1.29, 1.82) is 0 Å². The molecule has 0 bridgehead atoms. The normalized spacial score (nSPS) is 12.9. The second-order valence-electron chi connectivity index (χ2n) is 10.1. The van der Waals surface area contributed by atoms with Crippen LogP contribution in [-0.4, -0.2) is 43.8 Å². The first-order valence-electron chi connectivity index (χ1n) is 13.6. The van der Waals surface area contributed by atoms with Gasteiger partial charge in [-0.05, 0) is 70.0 Å². The highest BCUT2D eigenvalue weighted by Gasteiger charge is 2.34. The van der Waals surface area contributed by atoms with Crippen LogP contribution in [0.1, 0.15) is 50.3 Å². The third kappa shape index (κ3) is 8.03. The number of amides is 2. The summed E-state index contributed by atoms with van der Waals surface area (Å²) in [5.74, 6) is -0.898. The van der Waals surface area contributed by atoms with Crippen LogP contribution in [0.15, 0.2) is 71.6 Å². The highest BCUT2D eigenvalue weighted by molar-refractivity contribution is 7.92. The zero-order valence-electron chi connectivity index (χ0n) is 24.0. The lowest BCUT2D eigenvalue weighted by molar-refractivity contribution is -0.140. The Balaban J connectivity index is 2.09. The summed E-state index contributed by atoms with van der Waals surface area (Å²) in [6.07, 6.45) is 1.01. The van der Waals surface area contributed by atoms with Crippen LogP contribution in [0.25, 0.3) is 0 Å². The smallest absolute Gasteiger partial charge is 0.264 e. The Bertz CT molecular complexity index is 1440. The summed E-state index contributed by atoms with van der Waals surface area (Å²) in [6.45, 7) is 8.79. The van der Waals surface area contributed by atoms with Crippen LogP contribution < -0.4 is 9.62 Å². The first kappa shape index (κ1) is 32.4. The lowest BCUT2D eigenvalue weighted by Gasteiger charge is -2.34. The van der Waals surface area contributed by atoms with Crippen molar-refractivity contribution < 1.29 is 18.0 Å². The minimum absolute atomic E-state index is 0.0544. The van der Waals surface area contributed by atoms with E-state index in [1.54, 1.807) is 61.5 Å². The molecule has 41 heavy (non-hydrogen) atoms. The third-order valence-electron chi connectivity index (χ3n) is 6.99. The average molecular weight is 619 g/mol. The number of carbonyl (C=O) groups excluding carboxylic acids is 2. The van der Waals surface area contributed by atoms with Crippen molar-refractivity contribution in [1.82, 2.24) is 10.2 Å². The molecule has 3 rings (SSSR count). The largest absolute Gasteiger partial charge is 0.352 e. The summed E-state index contributed by atoms with van der Waals surface area (Å²) in [6, 6.07) is 17.4. The van der Waals surface area contributed by atoms with Crippen LogP contribution in [0, 0.1) is 13.8 Å². The molecule has 0 fully saturated rings. The minimum Gasteiger partial charge on any atom is -0.352 e. The van der Waals surface area contributed by atoms with Crippen LogP contribution >= 0.6 is 23.2 Å². The van der Waals surface area contributed by atoms with Gasteiger partial charge >= 0.3 is 0 Å². The first-order chi connectivity index (χ1) is 19.4. The Morgan fingerprint density at radius 3 is 1.90 bits per heavy atom. The van der Waals surface area contributed by atoms with Crippen LogP contribution in [0.2, 0.25) is 10.0 Å². The molecule has 10 heteroatoms. The van der Waals surface area contributed by atoms with Gasteiger partial charge in [-0.3, -0.25) is 13.9 Å². The number of nitrogens with one attached hydrogen (secondary N) is 1. The molecule has 0 aliphatic heterocycles. The van der Waals surface area contributed by atoms with Gasteiger partial charge in [-0.25, -0.2) is 8.42 Å². The average Bonchev–Trinajstić information content (AvgIpc) is 2.93. The molecule has 0 spiro atoms. The van der Waals surface area contributed by atoms with Gasteiger partial charge in [0.15, 0.2) is 0 Å². The molecule has 0 unspecified atom stereocenters. The molecule has 0 aromatic heterocycles. The number of rotatable bonds is 12. The molecule has 3 aromatic carbocycles. The van der Waals surface area contributed by atoms with Crippen LogP contribution in [0.3, 0.4) is 0 Å². The molecule has 7 nitrogen and oxygen atoms in total. The van der Waals surface area contributed by atoms with Crippen LogP contribution in [0.4, 0.5) is 5.69 Å². The zero-order valence-corrected chi connectivity index (χ0v) is 26.4. The van der Waals surface area contributed by atoms with Crippen molar-refractivity contribution in [3.05, 3.63) is 93.5 Å². The summed E-state index contributed by atoms with van der Waals surface area (Å²) in [5.41, 5.74) is 2.65. The standard InChI is InChI=1S/C31H37Cl2N3O4S/c1-6-23(5)34-31(38)29(7-2)35(19-26-27(32)9-8-10-28(26)33)30(37)20-36(24-15-11-21(3)12-16-24)41(39,40)25-17-13-22(4)14-18-25/h8-18,23,29H,6-7,19-20H2,1-5H3,(H,34,38)/t23-,29+/m0/s1. The molecular formula is C31H37Cl2N3O4S. The fourth-order valence-corrected chi connectivity index (χ4v) is 6.22. The van der Waals surface area contributed by atoms with E-state index in [2.05, 4.69) is 5.32 Å². The Labute approximate surface area is 253 Å². The van der Waals surface area contributed by atoms with Gasteiger partial charge < -0.3 is 10.2 Å². The van der Waals surface area contributed by atoms with Crippen LogP contribution in [-0.2, 0) is 26.2 Å². The van der Waals surface area contributed by atoms with E-state index in [9.17, 15) is 18.0 Å². The van der Waals surface area contributed by atoms with Crippen molar-refractivity contribution in [2.24, 2.45) is 0 Å². The number of carbonyl (C=O) groups is 2. The number of anilines is 1. The van der Waals surface area contributed by atoms with E-state index in [4.69, 9.17) is 23.2 Å². The van der Waals surface area contributed by atoms with Gasteiger partial charge in [0.05, 0.1) is 10.6 Å². The Morgan fingerprint density at radius 2 is 1.39 bits per heavy atom. The molecule has 0 aliphatic rings. The lowest BCUT2D eigenvalue weighted by Crippen LogP contribution is -2.53. The monoisotopic (exact) mass is 617 g/mol. The van der Waals surface area contributed by atoms with Gasteiger partial charge in [0.1, 0.15) is 12.6 Å². The highest BCUT2D eigenvalue weighted by atomic mass is 35.5. The Morgan fingerprint density at radius 1 is 0.854 bits per heavy atom. The summed E-state index contributed by atoms with van der Waals surface area (Å²) < 4.78 is 29.0. The zero-order chi connectivity index (χ0) is 30.3. The first-order valence-corrected chi connectivity index (χ1v) is 15.8. The third-order valence-corrected chi connectivity index (χ3v) is 9.48. The number of sulfonamides is 1. The van der Waals surface area contributed by atoms with Gasteiger partial charge in [0.2, 0.25) is 11.8 Å². The molecule has 2 atom stereocenters. The minimum atomic E-state index is -4.14. The molecule has 2 amide bonds. The fraction of sp³-hybridized carbons (Fsp3) is 0.355. The predicted octanol–water partition coefficient (Wildman–Crippen LogP) is 6.53. The molecule has 220 valence electrons. The summed E-state index contributed by atoms with van der Waals surface area (Å²) in [7, 11) is -4.14. The quantitative estimate of drug-likeness (QED) is 0.250. The second kappa shape index (κ2) is 14.2. The van der Waals surface area contributed by atoms with Gasteiger partial charge in [-0.1, -0.05) is 78.5 Å². The fourth-order valence-electron chi connectivity index (χ4n) is 4.29. The van der Waals surface area contributed by atoms with E-state index in [0.717, 1.165) is 15.4 Å². The maximum absolute atomic E-state index is 14.2. The van der Waals surface area contributed by atoms with Gasteiger partial charge in [-0.15, -0.1) is 0 Å². The maximum Gasteiger partial charge on any atom is 0.264 e. The number of hydrogen-bond acceptors (Lipinski definition) is 4. The topological polar surface area (TPSA) is 86.8 Å². The molecule has 0 radical (unpaired) electrons. The van der Waals surface area contributed by atoms with E-state index >= 15 is 0 Å². The highest BCUT2D eigenvalue weighted by Crippen LogP contribution is 2.29. The van der Waals surface area contributed by atoms with Gasteiger partial charge in [0, 0.05) is 28.2 Å². The lowest BCUT2D eigenvalue weighted by atomic mass is 10.1. The van der Waals surface area contributed by atoms with Crippen molar-refractivity contribution >= 4 is 50.7 Å². The van der Waals surface area contributed by atoms with Crippen molar-refractivity contribution in [3.63, 3.8) is 0 Å². The molecule has 1 N–H and O–H groups in total. The van der Waals surface area contributed by atoms with Crippen molar-refractivity contribution in [2.75, 3.05) is 10.8 Å². The molecule has 0 heterocycles. The van der Waals surface area contributed by atoms with Crippen molar-refractivity contribution in [3.8, 4) is 0 Å². The number of nitrogens with zero attached hydrogens (tertiary/aromatic N) is 2. The van der Waals surface area contributed by atoms with E-state index in [-0.39, 0.29) is 23.4 Å². The maximum atomic E-state index is 14.2. The van der Waals surface area contributed by atoms with E-state index in [1.807, 2.05) is 27.7 Å². The molecule has 3 aromatic rings. The molecule has 0 saturated heterocycles.